The molecule has 6 aromatic carbocycles. The Morgan fingerprint density at radius 1 is 0.379 bits per heavy atom. The van der Waals surface area contributed by atoms with Gasteiger partial charge in [0.05, 0.1) is 0 Å². The Kier molecular flexibility index (Phi) is 3.62. The molecule has 136 valence electrons. The number of hydrogen-bond donors (Lipinski definition) is 0. The predicted octanol–water partition coefficient (Wildman–Crippen LogP) is 8.62. The fourth-order valence-corrected chi connectivity index (χ4v) is 4.56. The SMILES string of the molecule is Clc1ccc2ccc3c4cc(-c5ccc6ccccc6c5)ccc4ccc3c2c1. The third kappa shape index (κ3) is 2.68. The maximum absolute atomic E-state index is 6.29. The number of benzene rings is 6. The van der Waals surface area contributed by atoms with E-state index < -0.39 is 0 Å². The molecule has 0 saturated carbocycles. The van der Waals surface area contributed by atoms with E-state index in [0.29, 0.717) is 0 Å². The summed E-state index contributed by atoms with van der Waals surface area (Å²) in [6.45, 7) is 0. The summed E-state index contributed by atoms with van der Waals surface area (Å²) in [6.07, 6.45) is 0. The van der Waals surface area contributed by atoms with Crippen molar-refractivity contribution in [3.05, 3.63) is 108 Å². The van der Waals surface area contributed by atoms with E-state index in [1.165, 1.54) is 54.2 Å². The zero-order chi connectivity index (χ0) is 19.4. The minimum atomic E-state index is 0.773. The van der Waals surface area contributed by atoms with Crippen molar-refractivity contribution in [1.29, 1.82) is 0 Å². The van der Waals surface area contributed by atoms with E-state index in [4.69, 9.17) is 11.6 Å². The summed E-state index contributed by atoms with van der Waals surface area (Å²) < 4.78 is 0. The minimum Gasteiger partial charge on any atom is -0.0843 e. The first-order valence-electron chi connectivity index (χ1n) is 9.80. The zero-order valence-corrected chi connectivity index (χ0v) is 16.4. The summed E-state index contributed by atoms with van der Waals surface area (Å²) in [4.78, 5) is 0. The molecule has 6 rings (SSSR count). The molecule has 6 aromatic rings. The molecule has 0 aliphatic heterocycles. The Hall–Kier alpha value is -3.35. The zero-order valence-electron chi connectivity index (χ0n) is 15.7. The van der Waals surface area contributed by atoms with Gasteiger partial charge in [-0.1, -0.05) is 90.5 Å². The van der Waals surface area contributed by atoms with Gasteiger partial charge in [0.2, 0.25) is 0 Å². The molecular formula is C28H17Cl. The van der Waals surface area contributed by atoms with E-state index in [1.807, 2.05) is 6.07 Å². The van der Waals surface area contributed by atoms with Crippen molar-refractivity contribution < 1.29 is 0 Å². The third-order valence-corrected chi connectivity index (χ3v) is 6.12. The van der Waals surface area contributed by atoms with Gasteiger partial charge in [-0.05, 0) is 78.5 Å². The monoisotopic (exact) mass is 388 g/mol. The fourth-order valence-electron chi connectivity index (χ4n) is 4.39. The van der Waals surface area contributed by atoms with Crippen molar-refractivity contribution in [3.8, 4) is 11.1 Å². The normalized spacial score (nSPS) is 11.6. The van der Waals surface area contributed by atoms with Crippen molar-refractivity contribution in [2.45, 2.75) is 0 Å². The van der Waals surface area contributed by atoms with E-state index in [9.17, 15) is 0 Å². The van der Waals surface area contributed by atoms with Crippen LogP contribution in [0.3, 0.4) is 0 Å². The Balaban J connectivity index is 1.63. The second kappa shape index (κ2) is 6.34. The molecule has 0 aromatic heterocycles. The molecule has 0 saturated heterocycles. The maximum Gasteiger partial charge on any atom is 0.0412 e. The van der Waals surface area contributed by atoms with Gasteiger partial charge in [-0.25, -0.2) is 0 Å². The second-order valence-electron chi connectivity index (χ2n) is 7.59. The molecule has 0 amide bonds. The molecule has 0 N–H and O–H groups in total. The van der Waals surface area contributed by atoms with Crippen molar-refractivity contribution in [2.75, 3.05) is 0 Å². The lowest BCUT2D eigenvalue weighted by molar-refractivity contribution is 1.68. The Morgan fingerprint density at radius 2 is 0.931 bits per heavy atom. The summed E-state index contributed by atoms with van der Waals surface area (Å²) in [7, 11) is 0. The average Bonchev–Trinajstić information content (AvgIpc) is 2.78. The van der Waals surface area contributed by atoms with Gasteiger partial charge in [0.15, 0.2) is 0 Å². The number of rotatable bonds is 1. The Labute approximate surface area is 174 Å². The lowest BCUT2D eigenvalue weighted by Gasteiger charge is -2.10. The summed E-state index contributed by atoms with van der Waals surface area (Å²) in [5.41, 5.74) is 2.48. The first-order valence-corrected chi connectivity index (χ1v) is 10.2. The average molecular weight is 389 g/mol. The fraction of sp³-hybridized carbons (Fsp3) is 0. The quantitative estimate of drug-likeness (QED) is 0.247. The first kappa shape index (κ1) is 16.6. The smallest absolute Gasteiger partial charge is 0.0412 e. The van der Waals surface area contributed by atoms with Crippen LogP contribution in [0.25, 0.3) is 54.2 Å². The topological polar surface area (TPSA) is 0 Å². The van der Waals surface area contributed by atoms with Crippen LogP contribution in [0.4, 0.5) is 0 Å². The van der Waals surface area contributed by atoms with Gasteiger partial charge in [0.1, 0.15) is 0 Å². The second-order valence-corrected chi connectivity index (χ2v) is 8.03. The molecule has 0 aliphatic rings. The van der Waals surface area contributed by atoms with Crippen molar-refractivity contribution in [1.82, 2.24) is 0 Å². The molecule has 0 heterocycles. The Morgan fingerprint density at radius 3 is 1.69 bits per heavy atom. The highest BCUT2D eigenvalue weighted by atomic mass is 35.5. The molecule has 0 radical (unpaired) electrons. The molecule has 0 fully saturated rings. The molecule has 0 unspecified atom stereocenters. The van der Waals surface area contributed by atoms with Gasteiger partial charge in [0.25, 0.3) is 0 Å². The van der Waals surface area contributed by atoms with Gasteiger partial charge in [-0.2, -0.15) is 0 Å². The van der Waals surface area contributed by atoms with Crippen LogP contribution >= 0.6 is 11.6 Å². The van der Waals surface area contributed by atoms with E-state index >= 15 is 0 Å². The summed E-state index contributed by atoms with van der Waals surface area (Å²) >= 11 is 6.29. The van der Waals surface area contributed by atoms with Crippen LogP contribution in [0.5, 0.6) is 0 Å². The highest BCUT2D eigenvalue weighted by Gasteiger charge is 2.07. The molecule has 0 nitrogen and oxygen atoms in total. The van der Waals surface area contributed by atoms with E-state index in [1.54, 1.807) is 0 Å². The van der Waals surface area contributed by atoms with Gasteiger partial charge in [-0.15, -0.1) is 0 Å². The third-order valence-electron chi connectivity index (χ3n) is 5.88. The van der Waals surface area contributed by atoms with E-state index in [-0.39, 0.29) is 0 Å². The molecular weight excluding hydrogens is 372 g/mol. The highest BCUT2D eigenvalue weighted by molar-refractivity contribution is 6.32. The Bertz CT molecular complexity index is 1560. The number of fused-ring (bicyclic) bond motifs is 6. The lowest BCUT2D eigenvalue weighted by Crippen LogP contribution is -1.84. The van der Waals surface area contributed by atoms with Gasteiger partial charge in [-0.3, -0.25) is 0 Å². The minimum absolute atomic E-state index is 0.773. The van der Waals surface area contributed by atoms with Crippen molar-refractivity contribution in [2.24, 2.45) is 0 Å². The van der Waals surface area contributed by atoms with Gasteiger partial charge in [0, 0.05) is 5.02 Å². The molecule has 0 atom stereocenters. The van der Waals surface area contributed by atoms with E-state index in [2.05, 4.69) is 97.1 Å². The largest absolute Gasteiger partial charge is 0.0843 e. The number of halogens is 1. The molecule has 0 spiro atoms. The summed E-state index contributed by atoms with van der Waals surface area (Å²) in [5, 5.41) is 10.8. The standard InChI is InChI=1S/C28H17Cl/c29-24-12-9-20-11-13-25-26(28(20)17-24)14-10-19-6-8-23(16-27(19)25)22-7-5-18-3-1-2-4-21(18)15-22/h1-17H. The summed E-state index contributed by atoms with van der Waals surface area (Å²) in [5.74, 6) is 0. The van der Waals surface area contributed by atoms with Crippen LogP contribution < -0.4 is 0 Å². The van der Waals surface area contributed by atoms with Crippen LogP contribution in [0.1, 0.15) is 0 Å². The van der Waals surface area contributed by atoms with Crippen molar-refractivity contribution in [3.63, 3.8) is 0 Å². The molecule has 0 aliphatic carbocycles. The molecule has 0 bridgehead atoms. The highest BCUT2D eigenvalue weighted by Crippen LogP contribution is 2.35. The van der Waals surface area contributed by atoms with Gasteiger partial charge >= 0.3 is 0 Å². The molecule has 1 heteroatoms. The van der Waals surface area contributed by atoms with Crippen LogP contribution in [-0.4, -0.2) is 0 Å². The van der Waals surface area contributed by atoms with Crippen LogP contribution in [-0.2, 0) is 0 Å². The maximum atomic E-state index is 6.29. The summed E-state index contributed by atoms with van der Waals surface area (Å²) in [6, 6.07) is 36.9. The van der Waals surface area contributed by atoms with Crippen LogP contribution in [0.15, 0.2) is 103 Å². The molecule has 29 heavy (non-hydrogen) atoms. The van der Waals surface area contributed by atoms with Gasteiger partial charge < -0.3 is 0 Å². The van der Waals surface area contributed by atoms with Crippen LogP contribution in [0, 0.1) is 0 Å². The first-order chi connectivity index (χ1) is 14.3. The van der Waals surface area contributed by atoms with Crippen LogP contribution in [0.2, 0.25) is 5.02 Å². The van der Waals surface area contributed by atoms with Crippen molar-refractivity contribution >= 4 is 54.7 Å². The number of hydrogen-bond acceptors (Lipinski definition) is 0. The van der Waals surface area contributed by atoms with E-state index in [0.717, 1.165) is 5.02 Å². The predicted molar refractivity (Wildman–Crippen MR) is 127 cm³/mol. The lowest BCUT2D eigenvalue weighted by atomic mass is 9.94.